The maximum Gasteiger partial charge on any atom is 0.260 e. The standard InChI is InChI=1S/C27H29FN4O3/c1-18-29-16-24(31(18)2)23-12-9-19(15-25(23)34-3)14-20-6-5-13-32-26(20)30-35-27(32,17-33)21-7-4-8-22(28)11-10-21/h7-12,14-16,33H,4-6,13,17H2,1-3H3/b20-14+. The zero-order valence-corrected chi connectivity index (χ0v) is 20.2. The number of aliphatic hydroxyl groups excluding tert-OH is 1. The molecule has 0 amide bonds. The smallest absolute Gasteiger partial charge is 0.260 e. The number of oxime groups is 1. The van der Waals surface area contributed by atoms with E-state index in [-0.39, 0.29) is 12.4 Å². The number of piperidine rings is 1. The SMILES string of the molecule is COc1cc(/C=C2\CCCN3C2=NOC3(CO)C2=CCC=C(F)C=C2)ccc1-c1cnc(C)n1C. The summed E-state index contributed by atoms with van der Waals surface area (Å²) in [6, 6.07) is 6.09. The number of nitrogens with zero attached hydrogens (tertiary/aromatic N) is 4. The fourth-order valence-electron chi connectivity index (χ4n) is 4.85. The fraction of sp³-hybridized carbons (Fsp3) is 0.333. The Hall–Kier alpha value is -3.65. The summed E-state index contributed by atoms with van der Waals surface area (Å²) in [7, 11) is 3.65. The molecule has 1 fully saturated rings. The van der Waals surface area contributed by atoms with Crippen molar-refractivity contribution < 1.29 is 19.1 Å². The predicted molar refractivity (Wildman–Crippen MR) is 133 cm³/mol. The number of hydrogen-bond acceptors (Lipinski definition) is 6. The van der Waals surface area contributed by atoms with Crippen LogP contribution in [0.25, 0.3) is 17.3 Å². The van der Waals surface area contributed by atoms with E-state index in [4.69, 9.17) is 9.57 Å². The Kier molecular flexibility index (Phi) is 6.06. The summed E-state index contributed by atoms with van der Waals surface area (Å²) in [5.41, 5.74) is 3.49. The van der Waals surface area contributed by atoms with Crippen molar-refractivity contribution in [2.75, 3.05) is 20.3 Å². The fourth-order valence-corrected chi connectivity index (χ4v) is 4.85. The highest BCUT2D eigenvalue weighted by Crippen LogP contribution is 2.40. The van der Waals surface area contributed by atoms with Crippen molar-refractivity contribution in [2.24, 2.45) is 12.2 Å². The first-order valence-corrected chi connectivity index (χ1v) is 11.7. The van der Waals surface area contributed by atoms with E-state index in [1.54, 1.807) is 13.2 Å². The maximum absolute atomic E-state index is 13.8. The maximum atomic E-state index is 13.8. The van der Waals surface area contributed by atoms with Crippen LogP contribution >= 0.6 is 0 Å². The average Bonchev–Trinajstić information content (AvgIpc) is 3.33. The molecule has 0 radical (unpaired) electrons. The number of imidazole rings is 1. The number of hydrogen-bond donors (Lipinski definition) is 1. The van der Waals surface area contributed by atoms with E-state index >= 15 is 0 Å². The highest BCUT2D eigenvalue weighted by molar-refractivity contribution is 6.03. The van der Waals surface area contributed by atoms with E-state index in [1.165, 1.54) is 12.2 Å². The van der Waals surface area contributed by atoms with Gasteiger partial charge in [0.2, 0.25) is 0 Å². The number of benzene rings is 1. The van der Waals surface area contributed by atoms with Crippen molar-refractivity contribution in [2.45, 2.75) is 31.9 Å². The Morgan fingerprint density at radius 2 is 2.14 bits per heavy atom. The van der Waals surface area contributed by atoms with Crippen LogP contribution < -0.4 is 4.74 Å². The normalized spacial score (nSPS) is 22.8. The Labute approximate surface area is 204 Å². The largest absolute Gasteiger partial charge is 0.496 e. The first kappa shape index (κ1) is 23.1. The average molecular weight is 477 g/mol. The molecule has 3 heterocycles. The lowest BCUT2D eigenvalue weighted by Gasteiger charge is -2.39. The van der Waals surface area contributed by atoms with E-state index in [1.807, 2.05) is 53.9 Å². The van der Waals surface area contributed by atoms with E-state index in [0.717, 1.165) is 46.8 Å². The van der Waals surface area contributed by atoms with Crippen molar-refractivity contribution in [1.29, 1.82) is 0 Å². The molecule has 5 rings (SSSR count). The highest BCUT2D eigenvalue weighted by Gasteiger charge is 2.50. The monoisotopic (exact) mass is 476 g/mol. The van der Waals surface area contributed by atoms with Crippen LogP contribution in [-0.2, 0) is 11.9 Å². The summed E-state index contributed by atoms with van der Waals surface area (Å²) in [5.74, 6) is 2.08. The molecule has 1 unspecified atom stereocenters. The van der Waals surface area contributed by atoms with Gasteiger partial charge >= 0.3 is 0 Å². The molecule has 1 aromatic heterocycles. The number of amidine groups is 1. The third kappa shape index (κ3) is 3.97. The van der Waals surface area contributed by atoms with Crippen LogP contribution in [0.5, 0.6) is 5.75 Å². The topological polar surface area (TPSA) is 72.1 Å². The first-order chi connectivity index (χ1) is 17.0. The molecule has 1 saturated heterocycles. The van der Waals surface area contributed by atoms with Crippen LogP contribution in [0.3, 0.4) is 0 Å². The van der Waals surface area contributed by atoms with Gasteiger partial charge in [-0.15, -0.1) is 0 Å². The summed E-state index contributed by atoms with van der Waals surface area (Å²) >= 11 is 0. The van der Waals surface area contributed by atoms with E-state index < -0.39 is 5.72 Å². The minimum atomic E-state index is -1.15. The van der Waals surface area contributed by atoms with Gasteiger partial charge < -0.3 is 24.1 Å². The molecule has 7 nitrogen and oxygen atoms in total. The minimum absolute atomic E-state index is 0.294. The van der Waals surface area contributed by atoms with Gasteiger partial charge in [-0.25, -0.2) is 9.37 Å². The summed E-state index contributed by atoms with van der Waals surface area (Å²) in [4.78, 5) is 12.3. The number of fused-ring (bicyclic) bond motifs is 1. The molecule has 2 aliphatic heterocycles. The summed E-state index contributed by atoms with van der Waals surface area (Å²) in [5, 5.41) is 14.8. The number of rotatable bonds is 5. The zero-order chi connectivity index (χ0) is 24.6. The molecule has 182 valence electrons. The summed E-state index contributed by atoms with van der Waals surface area (Å²) in [6.07, 6.45) is 12.5. The number of halogens is 1. The van der Waals surface area contributed by atoms with Crippen LogP contribution in [0.2, 0.25) is 0 Å². The van der Waals surface area contributed by atoms with Gasteiger partial charge in [-0.2, -0.15) is 0 Å². The van der Waals surface area contributed by atoms with Crippen LogP contribution in [0.4, 0.5) is 4.39 Å². The number of aryl methyl sites for hydroxylation is 1. The van der Waals surface area contributed by atoms with Gasteiger partial charge in [-0.05, 0) is 67.7 Å². The molecule has 0 saturated carbocycles. The number of methoxy groups -OCH3 is 1. The Morgan fingerprint density at radius 3 is 2.89 bits per heavy atom. The van der Waals surface area contributed by atoms with Gasteiger partial charge in [0.05, 0.1) is 19.0 Å². The molecule has 1 N–H and O–H groups in total. The number of ether oxygens (including phenoxy) is 1. The molecule has 2 aromatic rings. The van der Waals surface area contributed by atoms with Crippen molar-refractivity contribution in [3.05, 3.63) is 77.1 Å². The predicted octanol–water partition coefficient (Wildman–Crippen LogP) is 4.66. The van der Waals surface area contributed by atoms with Gasteiger partial charge in [0, 0.05) is 24.7 Å². The Balaban J connectivity index is 1.46. The van der Waals surface area contributed by atoms with Gasteiger partial charge in [-0.1, -0.05) is 23.4 Å². The second-order valence-corrected chi connectivity index (χ2v) is 8.90. The molecule has 0 spiro atoms. The lowest BCUT2D eigenvalue weighted by atomic mass is 9.94. The zero-order valence-electron chi connectivity index (χ0n) is 20.2. The van der Waals surface area contributed by atoms with E-state index in [0.29, 0.717) is 24.4 Å². The molecular formula is C27H29FN4O3. The van der Waals surface area contributed by atoms with Crippen LogP contribution in [0, 0.1) is 6.92 Å². The van der Waals surface area contributed by atoms with Crippen LogP contribution in [-0.4, -0.2) is 51.4 Å². The van der Waals surface area contributed by atoms with Crippen LogP contribution in [0.15, 0.2) is 70.8 Å². The second-order valence-electron chi connectivity index (χ2n) is 8.90. The third-order valence-electron chi connectivity index (χ3n) is 6.89. The second kappa shape index (κ2) is 9.19. The van der Waals surface area contributed by atoms with Crippen molar-refractivity contribution in [3.8, 4) is 17.0 Å². The molecule has 8 heteroatoms. The molecule has 1 atom stereocenters. The van der Waals surface area contributed by atoms with Crippen molar-refractivity contribution >= 4 is 11.9 Å². The van der Waals surface area contributed by atoms with Gasteiger partial charge in [0.25, 0.3) is 5.72 Å². The molecule has 3 aliphatic rings. The van der Waals surface area contributed by atoms with Gasteiger partial charge in [0.15, 0.2) is 5.84 Å². The van der Waals surface area contributed by atoms with Crippen LogP contribution in [0.1, 0.15) is 30.7 Å². The molecule has 35 heavy (non-hydrogen) atoms. The van der Waals surface area contributed by atoms with Gasteiger partial charge in [0.1, 0.15) is 24.0 Å². The Bertz CT molecular complexity index is 1300. The van der Waals surface area contributed by atoms with Crippen molar-refractivity contribution in [3.63, 3.8) is 0 Å². The number of aliphatic hydroxyl groups is 1. The quantitative estimate of drug-likeness (QED) is 0.680. The summed E-state index contributed by atoms with van der Waals surface area (Å²) < 4.78 is 21.5. The summed E-state index contributed by atoms with van der Waals surface area (Å²) in [6.45, 7) is 2.35. The molecule has 0 bridgehead atoms. The van der Waals surface area contributed by atoms with E-state index in [2.05, 4.69) is 16.2 Å². The van der Waals surface area contributed by atoms with Gasteiger partial charge in [-0.3, -0.25) is 0 Å². The Morgan fingerprint density at radius 1 is 1.29 bits per heavy atom. The number of aromatic nitrogens is 2. The molecule has 1 aliphatic carbocycles. The lowest BCUT2D eigenvalue weighted by Crippen LogP contribution is -2.54. The molecular weight excluding hydrogens is 447 g/mol. The molecule has 1 aromatic carbocycles. The number of allylic oxidation sites excluding steroid dienone is 4. The lowest BCUT2D eigenvalue weighted by molar-refractivity contribution is -0.0991. The highest BCUT2D eigenvalue weighted by atomic mass is 19.1. The first-order valence-electron chi connectivity index (χ1n) is 11.7. The third-order valence-corrected chi connectivity index (χ3v) is 6.89. The minimum Gasteiger partial charge on any atom is -0.496 e. The van der Waals surface area contributed by atoms with E-state index in [9.17, 15) is 9.50 Å². The van der Waals surface area contributed by atoms with Crippen molar-refractivity contribution in [1.82, 2.24) is 14.5 Å².